The molecule has 1 aliphatic rings. The summed E-state index contributed by atoms with van der Waals surface area (Å²) in [6.45, 7) is 2.49. The fourth-order valence-electron chi connectivity index (χ4n) is 2.85. The minimum absolute atomic E-state index is 0.111. The van der Waals surface area contributed by atoms with Gasteiger partial charge in [0.15, 0.2) is 0 Å². The maximum Gasteiger partial charge on any atom is 0.254 e. The number of carbonyl (C=O) groups excluding carboxylic acids is 1. The standard InChI is InChI=1S/C18H19FN2O/c19-17-9-5-4-8-16(17)18(22)20-12-14-10-11-21(13-14)15-6-2-1-3-7-15/h1-9,14H,10-13H2,(H,20,22)/t14-/m0/s1. The Balaban J connectivity index is 1.53. The molecule has 0 saturated carbocycles. The molecule has 2 aromatic rings. The highest BCUT2D eigenvalue weighted by molar-refractivity contribution is 5.94. The third-order valence-electron chi connectivity index (χ3n) is 4.08. The number of benzene rings is 2. The van der Waals surface area contributed by atoms with Crippen molar-refractivity contribution in [3.63, 3.8) is 0 Å². The predicted molar refractivity (Wildman–Crippen MR) is 85.5 cm³/mol. The zero-order chi connectivity index (χ0) is 15.4. The van der Waals surface area contributed by atoms with Gasteiger partial charge >= 0.3 is 0 Å². The third-order valence-corrected chi connectivity index (χ3v) is 4.08. The second-order valence-electron chi connectivity index (χ2n) is 5.63. The quantitative estimate of drug-likeness (QED) is 0.941. The molecule has 0 aliphatic carbocycles. The van der Waals surface area contributed by atoms with Crippen LogP contribution in [0, 0.1) is 11.7 Å². The van der Waals surface area contributed by atoms with Gasteiger partial charge in [0.25, 0.3) is 5.91 Å². The SMILES string of the molecule is O=C(NC[C@@H]1CCN(c2ccccc2)C1)c1ccccc1F. The maximum atomic E-state index is 13.6. The molecule has 0 spiro atoms. The summed E-state index contributed by atoms with van der Waals surface area (Å²) in [7, 11) is 0. The Labute approximate surface area is 129 Å². The van der Waals surface area contributed by atoms with Crippen molar-refractivity contribution in [2.24, 2.45) is 5.92 Å². The minimum atomic E-state index is -0.475. The molecule has 4 heteroatoms. The van der Waals surface area contributed by atoms with Gasteiger partial charge in [-0.15, -0.1) is 0 Å². The van der Waals surface area contributed by atoms with Gasteiger partial charge in [-0.05, 0) is 36.6 Å². The van der Waals surface area contributed by atoms with Crippen LogP contribution in [0.4, 0.5) is 10.1 Å². The number of halogens is 1. The lowest BCUT2D eigenvalue weighted by Crippen LogP contribution is -2.31. The van der Waals surface area contributed by atoms with E-state index < -0.39 is 5.82 Å². The molecule has 22 heavy (non-hydrogen) atoms. The highest BCUT2D eigenvalue weighted by Gasteiger charge is 2.23. The number of hydrogen-bond acceptors (Lipinski definition) is 2. The predicted octanol–water partition coefficient (Wildman–Crippen LogP) is 3.08. The molecule has 1 aliphatic heterocycles. The van der Waals surface area contributed by atoms with E-state index in [9.17, 15) is 9.18 Å². The van der Waals surface area contributed by atoms with Crippen LogP contribution < -0.4 is 10.2 Å². The van der Waals surface area contributed by atoms with E-state index in [1.807, 2.05) is 18.2 Å². The molecular weight excluding hydrogens is 279 g/mol. The monoisotopic (exact) mass is 298 g/mol. The Kier molecular flexibility index (Phi) is 4.37. The van der Waals surface area contributed by atoms with Gasteiger partial charge in [-0.2, -0.15) is 0 Å². The maximum absolute atomic E-state index is 13.6. The van der Waals surface area contributed by atoms with Gasteiger partial charge in [0, 0.05) is 25.3 Å². The summed E-state index contributed by atoms with van der Waals surface area (Å²) in [4.78, 5) is 14.3. The van der Waals surface area contributed by atoms with Crippen LogP contribution in [0.2, 0.25) is 0 Å². The van der Waals surface area contributed by atoms with E-state index in [0.717, 1.165) is 19.5 Å². The van der Waals surface area contributed by atoms with Gasteiger partial charge in [-0.25, -0.2) is 4.39 Å². The molecule has 3 rings (SSSR count). The average molecular weight is 298 g/mol. The van der Waals surface area contributed by atoms with Gasteiger partial charge in [0.2, 0.25) is 0 Å². The molecule has 1 saturated heterocycles. The molecule has 3 nitrogen and oxygen atoms in total. The number of carbonyl (C=O) groups is 1. The highest BCUT2D eigenvalue weighted by atomic mass is 19.1. The number of nitrogens with one attached hydrogen (secondary N) is 1. The van der Waals surface area contributed by atoms with E-state index in [1.54, 1.807) is 12.1 Å². The number of para-hydroxylation sites is 1. The van der Waals surface area contributed by atoms with Crippen molar-refractivity contribution < 1.29 is 9.18 Å². The molecular formula is C18H19FN2O. The van der Waals surface area contributed by atoms with Crippen LogP contribution in [0.25, 0.3) is 0 Å². The Hall–Kier alpha value is -2.36. The number of amides is 1. The molecule has 1 heterocycles. The summed E-state index contributed by atoms with van der Waals surface area (Å²) in [5.41, 5.74) is 1.32. The highest BCUT2D eigenvalue weighted by Crippen LogP contribution is 2.23. The van der Waals surface area contributed by atoms with Crippen LogP contribution in [0.15, 0.2) is 54.6 Å². The first kappa shape index (κ1) is 14.6. The van der Waals surface area contributed by atoms with Crippen LogP contribution in [0.3, 0.4) is 0 Å². The number of rotatable bonds is 4. The molecule has 2 aromatic carbocycles. The van der Waals surface area contributed by atoms with Crippen LogP contribution in [-0.2, 0) is 0 Å². The van der Waals surface area contributed by atoms with Gasteiger partial charge < -0.3 is 10.2 Å². The number of anilines is 1. The lowest BCUT2D eigenvalue weighted by molar-refractivity contribution is 0.0944. The summed E-state index contributed by atoms with van der Waals surface area (Å²) in [5, 5.41) is 2.85. The largest absolute Gasteiger partial charge is 0.371 e. The van der Waals surface area contributed by atoms with Crippen LogP contribution >= 0.6 is 0 Å². The van der Waals surface area contributed by atoms with Crippen molar-refractivity contribution >= 4 is 11.6 Å². The van der Waals surface area contributed by atoms with Crippen molar-refractivity contribution in [1.29, 1.82) is 0 Å². The van der Waals surface area contributed by atoms with Crippen LogP contribution in [-0.4, -0.2) is 25.5 Å². The van der Waals surface area contributed by atoms with Crippen molar-refractivity contribution in [2.75, 3.05) is 24.5 Å². The number of nitrogens with zero attached hydrogens (tertiary/aromatic N) is 1. The van der Waals surface area contributed by atoms with Crippen molar-refractivity contribution in [3.8, 4) is 0 Å². The fourth-order valence-corrected chi connectivity index (χ4v) is 2.85. The van der Waals surface area contributed by atoms with E-state index in [-0.39, 0.29) is 11.5 Å². The molecule has 1 fully saturated rings. The van der Waals surface area contributed by atoms with Crippen molar-refractivity contribution in [3.05, 3.63) is 66.0 Å². The Morgan fingerprint density at radius 3 is 2.64 bits per heavy atom. The average Bonchev–Trinajstić information content (AvgIpc) is 3.03. The molecule has 1 amide bonds. The van der Waals surface area contributed by atoms with E-state index in [1.165, 1.54) is 17.8 Å². The van der Waals surface area contributed by atoms with Crippen LogP contribution in [0.1, 0.15) is 16.8 Å². The lowest BCUT2D eigenvalue weighted by atomic mass is 10.1. The van der Waals surface area contributed by atoms with E-state index in [2.05, 4.69) is 22.3 Å². The van der Waals surface area contributed by atoms with Gasteiger partial charge in [0.05, 0.1) is 5.56 Å². The van der Waals surface area contributed by atoms with Crippen LogP contribution in [0.5, 0.6) is 0 Å². The van der Waals surface area contributed by atoms with Gasteiger partial charge in [0.1, 0.15) is 5.82 Å². The Morgan fingerprint density at radius 2 is 1.86 bits per heavy atom. The fraction of sp³-hybridized carbons (Fsp3) is 0.278. The summed E-state index contributed by atoms with van der Waals surface area (Å²) < 4.78 is 13.6. The summed E-state index contributed by atoms with van der Waals surface area (Å²) in [5.74, 6) is -0.412. The Morgan fingerprint density at radius 1 is 1.14 bits per heavy atom. The van der Waals surface area contributed by atoms with E-state index in [0.29, 0.717) is 12.5 Å². The van der Waals surface area contributed by atoms with E-state index in [4.69, 9.17) is 0 Å². The molecule has 0 bridgehead atoms. The number of hydrogen-bond donors (Lipinski definition) is 1. The molecule has 0 radical (unpaired) electrons. The first-order chi connectivity index (χ1) is 10.7. The Bertz CT molecular complexity index is 645. The topological polar surface area (TPSA) is 32.3 Å². The first-order valence-electron chi connectivity index (χ1n) is 7.57. The summed E-state index contributed by atoms with van der Waals surface area (Å²) in [6.07, 6.45) is 1.03. The zero-order valence-corrected chi connectivity index (χ0v) is 12.3. The summed E-state index contributed by atoms with van der Waals surface area (Å²) in [6, 6.07) is 16.3. The normalized spacial score (nSPS) is 17.5. The molecule has 0 unspecified atom stereocenters. The first-order valence-corrected chi connectivity index (χ1v) is 7.57. The zero-order valence-electron chi connectivity index (χ0n) is 12.3. The van der Waals surface area contributed by atoms with Gasteiger partial charge in [-0.3, -0.25) is 4.79 Å². The van der Waals surface area contributed by atoms with Crippen molar-refractivity contribution in [1.82, 2.24) is 5.32 Å². The lowest BCUT2D eigenvalue weighted by Gasteiger charge is -2.18. The van der Waals surface area contributed by atoms with E-state index >= 15 is 0 Å². The molecule has 114 valence electrons. The second kappa shape index (κ2) is 6.60. The van der Waals surface area contributed by atoms with Gasteiger partial charge in [-0.1, -0.05) is 30.3 Å². The molecule has 1 N–H and O–H groups in total. The second-order valence-corrected chi connectivity index (χ2v) is 5.63. The summed E-state index contributed by atoms with van der Waals surface area (Å²) >= 11 is 0. The molecule has 0 aromatic heterocycles. The molecule has 1 atom stereocenters. The smallest absolute Gasteiger partial charge is 0.254 e. The van der Waals surface area contributed by atoms with Crippen molar-refractivity contribution in [2.45, 2.75) is 6.42 Å². The third kappa shape index (κ3) is 3.27. The minimum Gasteiger partial charge on any atom is -0.371 e.